The molecule has 1 aliphatic rings. The molecule has 4 rings (SSSR count). The van der Waals surface area contributed by atoms with Gasteiger partial charge in [-0.25, -0.2) is 4.57 Å². The van der Waals surface area contributed by atoms with Crippen LogP contribution in [0.4, 0.5) is 0 Å². The van der Waals surface area contributed by atoms with Gasteiger partial charge in [0.2, 0.25) is 5.69 Å². The largest absolute Gasteiger partial charge is 0.487 e. The number of aryl methyl sites for hydroxylation is 2. The van der Waals surface area contributed by atoms with Gasteiger partial charge in [0, 0.05) is 28.7 Å². The van der Waals surface area contributed by atoms with Crippen molar-refractivity contribution in [3.63, 3.8) is 0 Å². The number of nitrogens with zero attached hydrogens (tertiary/aromatic N) is 1. The van der Waals surface area contributed by atoms with Crippen molar-refractivity contribution < 1.29 is 9.30 Å². The van der Waals surface area contributed by atoms with Crippen molar-refractivity contribution >= 4 is 0 Å². The summed E-state index contributed by atoms with van der Waals surface area (Å²) in [5.41, 5.74) is 7.25. The van der Waals surface area contributed by atoms with Gasteiger partial charge in [-0.05, 0) is 49.6 Å². The van der Waals surface area contributed by atoms with E-state index in [2.05, 4.69) is 107 Å². The van der Waals surface area contributed by atoms with E-state index >= 15 is 0 Å². The van der Waals surface area contributed by atoms with Gasteiger partial charge in [-0.2, -0.15) is 0 Å². The zero-order valence-corrected chi connectivity index (χ0v) is 17.1. The van der Waals surface area contributed by atoms with Crippen molar-refractivity contribution in [2.24, 2.45) is 7.05 Å². The van der Waals surface area contributed by atoms with Crippen LogP contribution in [0, 0.1) is 6.92 Å². The summed E-state index contributed by atoms with van der Waals surface area (Å²) in [4.78, 5) is 0. The van der Waals surface area contributed by atoms with Crippen LogP contribution in [0.15, 0.2) is 60.8 Å². The van der Waals surface area contributed by atoms with E-state index in [1.54, 1.807) is 0 Å². The van der Waals surface area contributed by atoms with Gasteiger partial charge in [0.1, 0.15) is 18.4 Å². The molecule has 2 nitrogen and oxygen atoms in total. The normalized spacial score (nSPS) is 16.7. The van der Waals surface area contributed by atoms with Crippen molar-refractivity contribution in [1.82, 2.24) is 0 Å². The average molecular weight is 359 g/mol. The molecule has 0 amide bonds. The second-order valence-electron chi connectivity index (χ2n) is 8.67. The molecule has 2 heterocycles. The first-order valence-corrected chi connectivity index (χ1v) is 9.60. The zero-order valence-electron chi connectivity index (χ0n) is 17.1. The molecule has 3 aromatic rings. The van der Waals surface area contributed by atoms with E-state index in [-0.39, 0.29) is 11.0 Å². The highest BCUT2D eigenvalue weighted by atomic mass is 16.5. The van der Waals surface area contributed by atoms with Crippen LogP contribution < -0.4 is 9.30 Å². The van der Waals surface area contributed by atoms with Crippen molar-refractivity contribution in [2.45, 2.75) is 45.6 Å². The second kappa shape index (κ2) is 5.95. The molecule has 0 N–H and O–H groups in total. The highest BCUT2D eigenvalue weighted by molar-refractivity contribution is 5.72. The third kappa shape index (κ3) is 2.75. The zero-order chi connectivity index (χ0) is 19.4. The molecule has 0 saturated heterocycles. The Balaban J connectivity index is 1.81. The van der Waals surface area contributed by atoms with Crippen molar-refractivity contribution in [2.75, 3.05) is 0 Å². The SMILES string of the molecule is Cc1ccccc1-c1cc(-c2ccc3c(c2)OC(C)(C)C3(C)C)cc[n+]1C. The van der Waals surface area contributed by atoms with E-state index < -0.39 is 0 Å². The molecule has 138 valence electrons. The van der Waals surface area contributed by atoms with Crippen LogP contribution in [0.2, 0.25) is 0 Å². The minimum atomic E-state index is -0.205. The van der Waals surface area contributed by atoms with Crippen molar-refractivity contribution in [3.05, 3.63) is 71.9 Å². The summed E-state index contributed by atoms with van der Waals surface area (Å²) in [6, 6.07) is 19.6. The first-order chi connectivity index (χ1) is 12.7. The Labute approximate surface area is 162 Å². The third-order valence-electron chi connectivity index (χ3n) is 6.43. The van der Waals surface area contributed by atoms with Crippen LogP contribution in [-0.4, -0.2) is 5.60 Å². The quantitative estimate of drug-likeness (QED) is 0.543. The summed E-state index contributed by atoms with van der Waals surface area (Å²) < 4.78 is 8.51. The maximum absolute atomic E-state index is 6.32. The summed E-state index contributed by atoms with van der Waals surface area (Å²) in [6.45, 7) is 11.0. The van der Waals surface area contributed by atoms with Crippen LogP contribution in [0.5, 0.6) is 5.75 Å². The average Bonchev–Trinajstić information content (AvgIpc) is 2.80. The molecule has 0 unspecified atom stereocenters. The van der Waals surface area contributed by atoms with Gasteiger partial charge in [-0.15, -0.1) is 0 Å². The molecule has 0 radical (unpaired) electrons. The number of hydrogen-bond donors (Lipinski definition) is 0. The molecule has 1 aliphatic heterocycles. The summed E-state index contributed by atoms with van der Waals surface area (Å²) in [5.74, 6) is 1.01. The predicted octanol–water partition coefficient (Wildman–Crippen LogP) is 5.60. The molecular weight excluding hydrogens is 330 g/mol. The van der Waals surface area contributed by atoms with E-state index in [0.717, 1.165) is 5.75 Å². The summed E-state index contributed by atoms with van der Waals surface area (Å²) in [5, 5.41) is 0. The Kier molecular flexibility index (Phi) is 3.92. The summed E-state index contributed by atoms with van der Waals surface area (Å²) in [7, 11) is 2.10. The number of aromatic nitrogens is 1. The molecule has 27 heavy (non-hydrogen) atoms. The van der Waals surface area contributed by atoms with Gasteiger partial charge < -0.3 is 4.74 Å². The minimum absolute atomic E-state index is 0.00367. The van der Waals surface area contributed by atoms with Crippen LogP contribution in [0.25, 0.3) is 22.4 Å². The number of hydrogen-bond acceptors (Lipinski definition) is 1. The van der Waals surface area contributed by atoms with Crippen LogP contribution in [0.3, 0.4) is 0 Å². The summed E-state index contributed by atoms with van der Waals surface area (Å²) in [6.07, 6.45) is 2.14. The molecule has 2 heteroatoms. The Hall–Kier alpha value is -2.61. The molecular formula is C25H28NO+. The minimum Gasteiger partial charge on any atom is -0.487 e. The first kappa shape index (κ1) is 17.8. The van der Waals surface area contributed by atoms with Crippen LogP contribution in [0.1, 0.15) is 38.8 Å². The smallest absolute Gasteiger partial charge is 0.213 e. The lowest BCUT2D eigenvalue weighted by Gasteiger charge is -2.33. The molecule has 0 fully saturated rings. The molecule has 0 aliphatic carbocycles. The molecule has 0 saturated carbocycles. The van der Waals surface area contributed by atoms with E-state index in [0.29, 0.717) is 0 Å². The first-order valence-electron chi connectivity index (χ1n) is 9.60. The van der Waals surface area contributed by atoms with Gasteiger partial charge in [0.25, 0.3) is 0 Å². The van der Waals surface area contributed by atoms with E-state index in [4.69, 9.17) is 4.74 Å². The Morgan fingerprint density at radius 3 is 2.30 bits per heavy atom. The summed E-state index contributed by atoms with van der Waals surface area (Å²) >= 11 is 0. The van der Waals surface area contributed by atoms with Crippen LogP contribution in [-0.2, 0) is 12.5 Å². The molecule has 0 bridgehead atoms. The molecule has 1 aromatic heterocycles. The van der Waals surface area contributed by atoms with Crippen molar-refractivity contribution in [3.8, 4) is 28.1 Å². The van der Waals surface area contributed by atoms with Gasteiger partial charge in [-0.3, -0.25) is 0 Å². The highest BCUT2D eigenvalue weighted by Gasteiger charge is 2.47. The number of benzene rings is 2. The lowest BCUT2D eigenvalue weighted by molar-refractivity contribution is -0.660. The molecule has 2 aromatic carbocycles. The van der Waals surface area contributed by atoms with E-state index in [9.17, 15) is 0 Å². The topological polar surface area (TPSA) is 13.1 Å². The standard InChI is InChI=1S/C25H28NO/c1-17-9-7-8-10-20(17)22-15-19(13-14-26(22)6)18-11-12-21-23(16-18)27-25(4,5)24(21,2)3/h7-16H,1-6H3/q+1. The predicted molar refractivity (Wildman–Crippen MR) is 111 cm³/mol. The van der Waals surface area contributed by atoms with Crippen LogP contribution >= 0.6 is 0 Å². The lowest BCUT2D eigenvalue weighted by atomic mass is 9.74. The number of ether oxygens (including phenoxy) is 1. The van der Waals surface area contributed by atoms with E-state index in [1.165, 1.54) is 33.5 Å². The Bertz CT molecular complexity index is 1030. The molecule has 0 atom stereocenters. The highest BCUT2D eigenvalue weighted by Crippen LogP contribution is 2.49. The fourth-order valence-electron chi connectivity index (χ4n) is 3.91. The fraction of sp³-hybridized carbons (Fsp3) is 0.320. The van der Waals surface area contributed by atoms with Crippen molar-refractivity contribution in [1.29, 1.82) is 0 Å². The Morgan fingerprint density at radius 1 is 0.852 bits per heavy atom. The third-order valence-corrected chi connectivity index (χ3v) is 6.43. The number of rotatable bonds is 2. The number of fused-ring (bicyclic) bond motifs is 1. The van der Waals surface area contributed by atoms with Gasteiger partial charge in [-0.1, -0.05) is 44.2 Å². The molecule has 0 spiro atoms. The lowest BCUT2D eigenvalue weighted by Crippen LogP contribution is -2.41. The maximum Gasteiger partial charge on any atom is 0.213 e. The fourth-order valence-corrected chi connectivity index (χ4v) is 3.91. The van der Waals surface area contributed by atoms with E-state index in [1.807, 2.05) is 0 Å². The van der Waals surface area contributed by atoms with Gasteiger partial charge in [0.15, 0.2) is 6.20 Å². The van der Waals surface area contributed by atoms with Gasteiger partial charge >= 0.3 is 0 Å². The maximum atomic E-state index is 6.32. The monoisotopic (exact) mass is 358 g/mol. The van der Waals surface area contributed by atoms with Gasteiger partial charge in [0.05, 0.1) is 0 Å². The number of pyridine rings is 1. The Morgan fingerprint density at radius 2 is 1.56 bits per heavy atom. The second-order valence-corrected chi connectivity index (χ2v) is 8.67.